The molecule has 0 amide bonds. The van der Waals surface area contributed by atoms with E-state index in [1.165, 1.54) is 31.0 Å². The first kappa shape index (κ1) is 10.8. The van der Waals surface area contributed by atoms with Gasteiger partial charge in [-0.1, -0.05) is 6.07 Å². The molecule has 1 aliphatic heterocycles. The summed E-state index contributed by atoms with van der Waals surface area (Å²) in [7, 11) is 0. The Labute approximate surface area is 95.1 Å². The third-order valence-electron chi connectivity index (χ3n) is 2.63. The number of nitrogen functional groups attached to an aromatic ring is 1. The number of nitrogens with two attached hydrogens (primary N) is 1. The molecule has 1 aliphatic rings. The Bertz CT molecular complexity index is 308. The van der Waals surface area contributed by atoms with Gasteiger partial charge in [0.15, 0.2) is 0 Å². The lowest BCUT2D eigenvalue weighted by molar-refractivity contribution is 0.288. The van der Waals surface area contributed by atoms with Crippen molar-refractivity contribution in [3.05, 3.63) is 23.9 Å². The predicted molar refractivity (Wildman–Crippen MR) is 65.9 cm³/mol. The molecule has 0 aliphatic carbocycles. The standard InChI is InChI=1S/C11H17N3S/c12-11-10(3-1-4-13-11)9-14-5-2-7-15-8-6-14/h1,3-4H,2,5-9H2,(H2,12,13). The maximum Gasteiger partial charge on any atom is 0.127 e. The molecule has 0 saturated carbocycles. The third kappa shape index (κ3) is 3.11. The molecular weight excluding hydrogens is 206 g/mol. The number of nitrogens with zero attached hydrogens (tertiary/aromatic N) is 2. The van der Waals surface area contributed by atoms with E-state index >= 15 is 0 Å². The lowest BCUT2D eigenvalue weighted by atomic mass is 10.2. The maximum absolute atomic E-state index is 5.83. The zero-order valence-electron chi connectivity index (χ0n) is 8.85. The lowest BCUT2D eigenvalue weighted by Gasteiger charge is -2.19. The average Bonchev–Trinajstić information content (AvgIpc) is 2.50. The van der Waals surface area contributed by atoms with Crippen LogP contribution in [-0.2, 0) is 6.54 Å². The van der Waals surface area contributed by atoms with Gasteiger partial charge in [-0.3, -0.25) is 4.90 Å². The lowest BCUT2D eigenvalue weighted by Crippen LogP contribution is -2.26. The molecule has 0 unspecified atom stereocenters. The SMILES string of the molecule is Nc1ncccc1CN1CCCSCC1. The molecule has 2 rings (SSSR count). The van der Waals surface area contributed by atoms with Crippen molar-refractivity contribution < 1.29 is 0 Å². The Hall–Kier alpha value is -0.740. The molecule has 2 N–H and O–H groups in total. The van der Waals surface area contributed by atoms with Crippen molar-refractivity contribution in [1.29, 1.82) is 0 Å². The molecule has 0 spiro atoms. The van der Waals surface area contributed by atoms with E-state index < -0.39 is 0 Å². The first-order valence-electron chi connectivity index (χ1n) is 5.36. The van der Waals surface area contributed by atoms with Gasteiger partial charge in [0.2, 0.25) is 0 Å². The van der Waals surface area contributed by atoms with Crippen molar-refractivity contribution in [1.82, 2.24) is 9.88 Å². The van der Waals surface area contributed by atoms with Crippen molar-refractivity contribution in [3.8, 4) is 0 Å². The van der Waals surface area contributed by atoms with Gasteiger partial charge in [0, 0.05) is 30.6 Å². The van der Waals surface area contributed by atoms with Gasteiger partial charge in [-0.15, -0.1) is 0 Å². The minimum absolute atomic E-state index is 0.675. The maximum atomic E-state index is 5.83. The van der Waals surface area contributed by atoms with Gasteiger partial charge < -0.3 is 5.73 Å². The fourth-order valence-electron chi connectivity index (χ4n) is 1.78. The van der Waals surface area contributed by atoms with Crippen LogP contribution in [-0.4, -0.2) is 34.5 Å². The van der Waals surface area contributed by atoms with Gasteiger partial charge in [-0.2, -0.15) is 11.8 Å². The third-order valence-corrected chi connectivity index (χ3v) is 3.68. The molecular formula is C11H17N3S. The van der Waals surface area contributed by atoms with E-state index in [1.54, 1.807) is 6.20 Å². The van der Waals surface area contributed by atoms with Crippen molar-refractivity contribution >= 4 is 17.6 Å². The van der Waals surface area contributed by atoms with Crippen LogP contribution in [0.5, 0.6) is 0 Å². The minimum atomic E-state index is 0.675. The zero-order valence-corrected chi connectivity index (χ0v) is 9.67. The van der Waals surface area contributed by atoms with E-state index in [9.17, 15) is 0 Å². The Morgan fingerprint density at radius 3 is 3.20 bits per heavy atom. The number of hydrogen-bond acceptors (Lipinski definition) is 4. The average molecular weight is 223 g/mol. The quantitative estimate of drug-likeness (QED) is 0.827. The fraction of sp³-hybridized carbons (Fsp3) is 0.545. The normalized spacial score (nSPS) is 18.7. The molecule has 1 aromatic rings. The number of thioether (sulfide) groups is 1. The minimum Gasteiger partial charge on any atom is -0.383 e. The summed E-state index contributed by atoms with van der Waals surface area (Å²) in [6.07, 6.45) is 3.03. The first-order valence-corrected chi connectivity index (χ1v) is 6.51. The summed E-state index contributed by atoms with van der Waals surface area (Å²) < 4.78 is 0. The Balaban J connectivity index is 1.98. The molecule has 0 atom stereocenters. The summed E-state index contributed by atoms with van der Waals surface area (Å²) in [4.78, 5) is 6.58. The molecule has 82 valence electrons. The molecule has 3 nitrogen and oxygen atoms in total. The molecule has 1 fully saturated rings. The van der Waals surface area contributed by atoms with E-state index in [0.717, 1.165) is 12.1 Å². The van der Waals surface area contributed by atoms with Gasteiger partial charge >= 0.3 is 0 Å². The van der Waals surface area contributed by atoms with Gasteiger partial charge in [0.1, 0.15) is 5.82 Å². The molecule has 1 aromatic heterocycles. The molecule has 4 heteroatoms. The summed E-state index contributed by atoms with van der Waals surface area (Å²) in [6.45, 7) is 3.29. The second-order valence-electron chi connectivity index (χ2n) is 3.79. The Morgan fingerprint density at radius 1 is 1.40 bits per heavy atom. The number of anilines is 1. The number of aromatic nitrogens is 1. The summed E-state index contributed by atoms with van der Waals surface area (Å²) in [5.41, 5.74) is 6.99. The summed E-state index contributed by atoms with van der Waals surface area (Å²) >= 11 is 2.05. The van der Waals surface area contributed by atoms with Gasteiger partial charge in [0.25, 0.3) is 0 Å². The van der Waals surface area contributed by atoms with E-state index in [4.69, 9.17) is 5.73 Å². The monoisotopic (exact) mass is 223 g/mol. The highest BCUT2D eigenvalue weighted by Gasteiger charge is 2.10. The summed E-state index contributed by atoms with van der Waals surface area (Å²) in [5.74, 6) is 3.20. The van der Waals surface area contributed by atoms with E-state index in [1.807, 2.05) is 17.8 Å². The van der Waals surface area contributed by atoms with Gasteiger partial charge in [-0.05, 0) is 24.8 Å². The van der Waals surface area contributed by atoms with E-state index in [2.05, 4.69) is 16.0 Å². The predicted octanol–water partition coefficient (Wildman–Crippen LogP) is 1.60. The summed E-state index contributed by atoms with van der Waals surface area (Å²) in [5, 5.41) is 0. The van der Waals surface area contributed by atoms with Crippen LogP contribution < -0.4 is 5.73 Å². The van der Waals surface area contributed by atoms with E-state index in [-0.39, 0.29) is 0 Å². The molecule has 2 heterocycles. The Morgan fingerprint density at radius 2 is 2.33 bits per heavy atom. The highest BCUT2D eigenvalue weighted by Crippen LogP contribution is 2.15. The number of hydrogen-bond donors (Lipinski definition) is 1. The zero-order chi connectivity index (χ0) is 10.5. The van der Waals surface area contributed by atoms with Crippen LogP contribution in [0.25, 0.3) is 0 Å². The first-order chi connectivity index (χ1) is 7.36. The van der Waals surface area contributed by atoms with Crippen LogP contribution in [0.3, 0.4) is 0 Å². The second-order valence-corrected chi connectivity index (χ2v) is 5.01. The van der Waals surface area contributed by atoms with E-state index in [0.29, 0.717) is 5.82 Å². The van der Waals surface area contributed by atoms with Crippen molar-refractivity contribution in [2.24, 2.45) is 0 Å². The summed E-state index contributed by atoms with van der Waals surface area (Å²) in [6, 6.07) is 4.03. The van der Waals surface area contributed by atoms with Crippen LogP contribution in [0.15, 0.2) is 18.3 Å². The highest BCUT2D eigenvalue weighted by atomic mass is 32.2. The molecule has 0 bridgehead atoms. The van der Waals surface area contributed by atoms with Gasteiger partial charge in [0.05, 0.1) is 0 Å². The van der Waals surface area contributed by atoms with Crippen molar-refractivity contribution in [2.75, 3.05) is 30.3 Å². The molecule has 0 radical (unpaired) electrons. The van der Waals surface area contributed by atoms with Crippen LogP contribution in [0.4, 0.5) is 5.82 Å². The van der Waals surface area contributed by atoms with Crippen molar-refractivity contribution in [3.63, 3.8) is 0 Å². The smallest absolute Gasteiger partial charge is 0.127 e. The van der Waals surface area contributed by atoms with Crippen LogP contribution in [0.1, 0.15) is 12.0 Å². The highest BCUT2D eigenvalue weighted by molar-refractivity contribution is 7.99. The second kappa shape index (κ2) is 5.37. The largest absolute Gasteiger partial charge is 0.383 e. The van der Waals surface area contributed by atoms with Crippen molar-refractivity contribution in [2.45, 2.75) is 13.0 Å². The Kier molecular flexibility index (Phi) is 3.86. The fourth-order valence-corrected chi connectivity index (χ4v) is 2.71. The topological polar surface area (TPSA) is 42.1 Å². The van der Waals surface area contributed by atoms with Gasteiger partial charge in [-0.25, -0.2) is 4.98 Å². The molecule has 15 heavy (non-hydrogen) atoms. The van der Waals surface area contributed by atoms with Crippen LogP contribution in [0, 0.1) is 0 Å². The number of pyridine rings is 1. The number of rotatable bonds is 2. The molecule has 0 aromatic carbocycles. The molecule has 1 saturated heterocycles. The van der Waals surface area contributed by atoms with Crippen LogP contribution >= 0.6 is 11.8 Å². The van der Waals surface area contributed by atoms with Crippen LogP contribution in [0.2, 0.25) is 0 Å².